The van der Waals surface area contributed by atoms with Crippen LogP contribution in [0.1, 0.15) is 0 Å². The lowest BCUT2D eigenvalue weighted by molar-refractivity contribution is 1.14. The van der Waals surface area contributed by atoms with Gasteiger partial charge in [-0.15, -0.1) is 0 Å². The number of halogens is 2. The Morgan fingerprint density at radius 2 is 2.31 bits per heavy atom. The second kappa shape index (κ2) is 3.08. The van der Waals surface area contributed by atoms with Gasteiger partial charge in [-0.05, 0) is 33.6 Å². The molecule has 0 spiro atoms. The summed E-state index contributed by atoms with van der Waals surface area (Å²) >= 11 is 8.75. The first-order chi connectivity index (χ1) is 6.16. The zero-order valence-electron chi connectivity index (χ0n) is 6.21. The second-order valence-corrected chi connectivity index (χ2v) is 3.66. The smallest absolute Gasteiger partial charge is 0.261 e. The number of aromatic nitrogens is 3. The molecule has 0 saturated heterocycles. The lowest BCUT2D eigenvalue weighted by atomic mass is 10.3. The summed E-state index contributed by atoms with van der Waals surface area (Å²) in [6, 6.07) is 1.64. The van der Waals surface area contributed by atoms with Gasteiger partial charge in [-0.1, -0.05) is 0 Å². The van der Waals surface area contributed by atoms with Crippen molar-refractivity contribution in [1.82, 2.24) is 15.0 Å². The van der Waals surface area contributed by atoms with E-state index < -0.39 is 0 Å². The first-order valence-corrected chi connectivity index (χ1v) is 4.55. The van der Waals surface area contributed by atoms with Gasteiger partial charge in [0.2, 0.25) is 5.28 Å². The van der Waals surface area contributed by atoms with E-state index in [4.69, 9.17) is 11.6 Å². The number of rotatable bonds is 0. The fraction of sp³-hybridized carbons (Fsp3) is 0. The van der Waals surface area contributed by atoms with Gasteiger partial charge in [-0.25, -0.2) is 4.98 Å². The summed E-state index contributed by atoms with van der Waals surface area (Å²) in [6.45, 7) is 0. The van der Waals surface area contributed by atoms with Crippen LogP contribution in [0, 0.1) is 0 Å². The Labute approximate surface area is 86.1 Å². The van der Waals surface area contributed by atoms with Crippen molar-refractivity contribution in [3.05, 3.63) is 32.4 Å². The Balaban J connectivity index is 2.95. The van der Waals surface area contributed by atoms with Gasteiger partial charge >= 0.3 is 0 Å². The lowest BCUT2D eigenvalue weighted by Gasteiger charge is -1.95. The van der Waals surface area contributed by atoms with Gasteiger partial charge in [0.05, 0.1) is 5.39 Å². The molecule has 0 bridgehead atoms. The highest BCUT2D eigenvalue weighted by atomic mass is 79.9. The van der Waals surface area contributed by atoms with Crippen LogP contribution in [-0.2, 0) is 0 Å². The summed E-state index contributed by atoms with van der Waals surface area (Å²) in [5.74, 6) is 0. The van der Waals surface area contributed by atoms with Crippen molar-refractivity contribution in [2.24, 2.45) is 0 Å². The van der Waals surface area contributed by atoms with Gasteiger partial charge in [-0.3, -0.25) is 9.78 Å². The van der Waals surface area contributed by atoms with E-state index in [1.165, 1.54) is 0 Å². The fourth-order valence-electron chi connectivity index (χ4n) is 0.970. The van der Waals surface area contributed by atoms with Crippen LogP contribution >= 0.6 is 27.5 Å². The molecule has 2 aromatic heterocycles. The molecule has 66 valence electrons. The molecular formula is C7H3BrClN3O. The summed E-state index contributed by atoms with van der Waals surface area (Å²) in [6.07, 6.45) is 1.56. The predicted molar refractivity (Wildman–Crippen MR) is 52.9 cm³/mol. The minimum Gasteiger partial charge on any atom is -0.297 e. The number of aromatic amines is 1. The predicted octanol–water partition coefficient (Wildman–Crippen LogP) is 1.73. The molecule has 0 unspecified atom stereocenters. The van der Waals surface area contributed by atoms with E-state index in [0.29, 0.717) is 11.0 Å². The molecule has 0 aliphatic heterocycles. The third kappa shape index (κ3) is 1.57. The van der Waals surface area contributed by atoms with Crippen LogP contribution in [0.4, 0.5) is 0 Å². The van der Waals surface area contributed by atoms with Gasteiger partial charge in [0.25, 0.3) is 5.56 Å². The third-order valence-corrected chi connectivity index (χ3v) is 2.11. The van der Waals surface area contributed by atoms with Crippen LogP contribution in [0.2, 0.25) is 5.28 Å². The molecule has 0 aliphatic carbocycles. The molecule has 0 radical (unpaired) electrons. The van der Waals surface area contributed by atoms with Gasteiger partial charge in [0.15, 0.2) is 5.65 Å². The molecule has 2 rings (SSSR count). The molecule has 0 aromatic carbocycles. The topological polar surface area (TPSA) is 58.6 Å². The standard InChI is InChI=1S/C7H3BrClN3O/c8-3-1-4-5(10-2-3)11-7(9)12-6(4)13/h1-2H,(H,10,11,12,13). The maximum Gasteiger partial charge on any atom is 0.261 e. The fourth-order valence-corrected chi connectivity index (χ4v) is 1.47. The molecule has 0 fully saturated rings. The van der Waals surface area contributed by atoms with Crippen molar-refractivity contribution < 1.29 is 0 Å². The summed E-state index contributed by atoms with van der Waals surface area (Å²) in [5, 5.41) is 0.464. The van der Waals surface area contributed by atoms with E-state index in [0.717, 1.165) is 4.47 Å². The van der Waals surface area contributed by atoms with E-state index in [1.54, 1.807) is 12.3 Å². The number of hydrogen-bond acceptors (Lipinski definition) is 3. The van der Waals surface area contributed by atoms with Crippen molar-refractivity contribution in [2.45, 2.75) is 0 Å². The Kier molecular flexibility index (Phi) is 2.05. The molecule has 4 nitrogen and oxygen atoms in total. The Morgan fingerprint density at radius 1 is 1.54 bits per heavy atom. The maximum atomic E-state index is 11.3. The largest absolute Gasteiger partial charge is 0.297 e. The molecule has 13 heavy (non-hydrogen) atoms. The average Bonchev–Trinajstić information content (AvgIpc) is 2.06. The van der Waals surface area contributed by atoms with E-state index in [9.17, 15) is 4.79 Å². The molecular weight excluding hydrogens is 257 g/mol. The summed E-state index contributed by atoms with van der Waals surface area (Å²) in [4.78, 5) is 21.5. The maximum absolute atomic E-state index is 11.3. The Hall–Kier alpha value is -0.940. The summed E-state index contributed by atoms with van der Waals surface area (Å²) in [5.41, 5.74) is 0.0563. The van der Waals surface area contributed by atoms with Gasteiger partial charge in [0.1, 0.15) is 0 Å². The molecule has 2 heterocycles. The van der Waals surface area contributed by atoms with Crippen molar-refractivity contribution in [1.29, 1.82) is 0 Å². The number of nitrogens with one attached hydrogen (secondary N) is 1. The van der Waals surface area contributed by atoms with Crippen LogP contribution in [0.25, 0.3) is 11.0 Å². The minimum atomic E-state index is -0.288. The number of pyridine rings is 1. The second-order valence-electron chi connectivity index (χ2n) is 2.38. The zero-order valence-corrected chi connectivity index (χ0v) is 8.56. The Bertz CT molecular complexity index is 525. The zero-order chi connectivity index (χ0) is 9.42. The number of nitrogens with zero attached hydrogens (tertiary/aromatic N) is 2. The molecule has 0 aliphatic rings. The van der Waals surface area contributed by atoms with Crippen molar-refractivity contribution in [2.75, 3.05) is 0 Å². The number of H-pyrrole nitrogens is 1. The Morgan fingerprint density at radius 3 is 3.08 bits per heavy atom. The minimum absolute atomic E-state index is 0.0484. The molecule has 6 heteroatoms. The number of hydrogen-bond donors (Lipinski definition) is 1. The van der Waals surface area contributed by atoms with Crippen LogP contribution < -0.4 is 5.56 Å². The van der Waals surface area contributed by atoms with Crippen molar-refractivity contribution in [3.8, 4) is 0 Å². The van der Waals surface area contributed by atoms with E-state index >= 15 is 0 Å². The number of fused-ring (bicyclic) bond motifs is 1. The van der Waals surface area contributed by atoms with Gasteiger partial charge < -0.3 is 0 Å². The molecule has 2 aromatic rings. The van der Waals surface area contributed by atoms with Crippen LogP contribution in [-0.4, -0.2) is 15.0 Å². The van der Waals surface area contributed by atoms with E-state index in [1.807, 2.05) is 0 Å². The normalized spacial score (nSPS) is 10.6. The van der Waals surface area contributed by atoms with Crippen LogP contribution in [0.15, 0.2) is 21.5 Å². The van der Waals surface area contributed by atoms with Crippen LogP contribution in [0.5, 0.6) is 0 Å². The highest BCUT2D eigenvalue weighted by Gasteiger charge is 2.03. The monoisotopic (exact) mass is 259 g/mol. The molecule has 0 amide bonds. The van der Waals surface area contributed by atoms with Crippen LogP contribution in [0.3, 0.4) is 0 Å². The highest BCUT2D eigenvalue weighted by molar-refractivity contribution is 9.10. The lowest BCUT2D eigenvalue weighted by Crippen LogP contribution is -2.08. The van der Waals surface area contributed by atoms with E-state index in [-0.39, 0.29) is 10.8 Å². The van der Waals surface area contributed by atoms with Gasteiger partial charge in [-0.2, -0.15) is 4.98 Å². The average molecular weight is 260 g/mol. The molecule has 0 atom stereocenters. The van der Waals surface area contributed by atoms with Crippen molar-refractivity contribution in [3.63, 3.8) is 0 Å². The van der Waals surface area contributed by atoms with E-state index in [2.05, 4.69) is 30.9 Å². The highest BCUT2D eigenvalue weighted by Crippen LogP contribution is 2.12. The third-order valence-electron chi connectivity index (χ3n) is 1.50. The summed E-state index contributed by atoms with van der Waals surface area (Å²) in [7, 11) is 0. The quantitative estimate of drug-likeness (QED) is 0.734. The van der Waals surface area contributed by atoms with Gasteiger partial charge in [0, 0.05) is 10.7 Å². The first kappa shape index (κ1) is 8.65. The SMILES string of the molecule is O=c1[nH]c(Cl)nc2ncc(Br)cc12. The molecule has 1 N–H and O–H groups in total. The summed E-state index contributed by atoms with van der Waals surface area (Å²) < 4.78 is 0.731. The van der Waals surface area contributed by atoms with Crippen molar-refractivity contribution >= 4 is 38.6 Å². The molecule has 0 saturated carbocycles. The first-order valence-electron chi connectivity index (χ1n) is 3.38.